The van der Waals surface area contributed by atoms with Gasteiger partial charge in [-0.05, 0) is 30.2 Å². The second-order valence-electron chi connectivity index (χ2n) is 7.33. The molecule has 0 radical (unpaired) electrons. The van der Waals surface area contributed by atoms with Crippen LogP contribution in [0.1, 0.15) is 35.6 Å². The van der Waals surface area contributed by atoms with Gasteiger partial charge in [-0.15, -0.1) is 0 Å². The Morgan fingerprint density at radius 1 is 1.24 bits per heavy atom. The maximum atomic E-state index is 12.7. The summed E-state index contributed by atoms with van der Waals surface area (Å²) in [4.78, 5) is 29.2. The smallest absolute Gasteiger partial charge is 0.273 e. The van der Waals surface area contributed by atoms with Gasteiger partial charge in [0, 0.05) is 41.4 Å². The molecule has 1 N–H and O–H groups in total. The summed E-state index contributed by atoms with van der Waals surface area (Å²) in [6.45, 7) is 0.382. The zero-order chi connectivity index (χ0) is 20.1. The minimum atomic E-state index is -0.353. The lowest BCUT2D eigenvalue weighted by atomic mass is 9.83. The van der Waals surface area contributed by atoms with Crippen molar-refractivity contribution in [3.63, 3.8) is 0 Å². The molecule has 1 amide bonds. The number of carbonyl (C=O) groups excluding carboxylic acids is 1. The summed E-state index contributed by atoms with van der Waals surface area (Å²) in [5.74, 6) is 0.455. The lowest BCUT2D eigenvalue weighted by Crippen LogP contribution is -2.39. The molecular formula is C22H19N3O4. The number of rotatable bonds is 3. The van der Waals surface area contributed by atoms with Gasteiger partial charge in [0.05, 0.1) is 23.4 Å². The van der Waals surface area contributed by atoms with Crippen molar-refractivity contribution in [2.24, 2.45) is 0 Å². The molecule has 3 heterocycles. The zero-order valence-corrected chi connectivity index (χ0v) is 15.8. The fourth-order valence-corrected chi connectivity index (χ4v) is 4.51. The highest BCUT2D eigenvalue weighted by atomic mass is 16.6. The highest BCUT2D eigenvalue weighted by molar-refractivity contribution is 5.97. The van der Waals surface area contributed by atoms with E-state index in [1.165, 1.54) is 6.07 Å². The first-order chi connectivity index (χ1) is 14.1. The summed E-state index contributed by atoms with van der Waals surface area (Å²) in [5, 5.41) is 12.7. The number of H-pyrrole nitrogens is 1. The summed E-state index contributed by atoms with van der Waals surface area (Å²) >= 11 is 0. The Hall–Kier alpha value is -3.61. The molecule has 7 nitrogen and oxygen atoms in total. The molecule has 146 valence electrons. The molecule has 2 aromatic carbocycles. The van der Waals surface area contributed by atoms with Crippen molar-refractivity contribution >= 4 is 28.2 Å². The third kappa shape index (κ3) is 2.61. The fraction of sp³-hybridized carbons (Fsp3) is 0.227. The number of aromatic nitrogens is 1. The van der Waals surface area contributed by atoms with Gasteiger partial charge in [-0.1, -0.05) is 24.3 Å². The Bertz CT molecular complexity index is 1190. The molecule has 0 saturated carbocycles. The van der Waals surface area contributed by atoms with Crippen LogP contribution < -0.4 is 4.74 Å². The number of nitro groups is 1. The molecule has 0 bridgehead atoms. The summed E-state index contributed by atoms with van der Waals surface area (Å²) in [6, 6.07) is 12.6. The van der Waals surface area contributed by atoms with Crippen molar-refractivity contribution in [2.75, 3.05) is 13.7 Å². The van der Waals surface area contributed by atoms with Gasteiger partial charge >= 0.3 is 0 Å². The van der Waals surface area contributed by atoms with Crippen LogP contribution in [0.25, 0.3) is 16.6 Å². The van der Waals surface area contributed by atoms with Crippen molar-refractivity contribution in [3.05, 3.63) is 75.5 Å². The number of carbonyl (C=O) groups is 1. The van der Waals surface area contributed by atoms with E-state index >= 15 is 0 Å². The van der Waals surface area contributed by atoms with Gasteiger partial charge in [0.25, 0.3) is 5.69 Å². The van der Waals surface area contributed by atoms with Crippen LogP contribution in [0.4, 0.5) is 5.69 Å². The predicted molar refractivity (Wildman–Crippen MR) is 109 cm³/mol. The first kappa shape index (κ1) is 17.5. The van der Waals surface area contributed by atoms with Gasteiger partial charge in [-0.2, -0.15) is 0 Å². The number of allylic oxidation sites excluding steroid dienone is 1. The summed E-state index contributed by atoms with van der Waals surface area (Å²) in [7, 11) is 1.61. The van der Waals surface area contributed by atoms with Gasteiger partial charge in [-0.25, -0.2) is 0 Å². The van der Waals surface area contributed by atoms with Gasteiger partial charge in [0.2, 0.25) is 5.91 Å². The van der Waals surface area contributed by atoms with Crippen LogP contribution in [-0.2, 0) is 4.79 Å². The fourth-order valence-electron chi connectivity index (χ4n) is 4.51. The first-order valence-electron chi connectivity index (χ1n) is 9.52. The molecule has 0 fully saturated rings. The van der Waals surface area contributed by atoms with Crippen molar-refractivity contribution < 1.29 is 14.5 Å². The number of hydrogen-bond acceptors (Lipinski definition) is 4. The van der Waals surface area contributed by atoms with Gasteiger partial charge < -0.3 is 14.6 Å². The number of aromatic amines is 1. The number of nitro benzene ring substituents is 1. The molecule has 29 heavy (non-hydrogen) atoms. The molecule has 7 heteroatoms. The molecule has 0 spiro atoms. The maximum Gasteiger partial charge on any atom is 0.273 e. The highest BCUT2D eigenvalue weighted by Crippen LogP contribution is 2.46. The van der Waals surface area contributed by atoms with Crippen LogP contribution in [0.3, 0.4) is 0 Å². The molecular weight excluding hydrogens is 370 g/mol. The van der Waals surface area contributed by atoms with E-state index in [-0.39, 0.29) is 22.4 Å². The van der Waals surface area contributed by atoms with E-state index in [0.717, 1.165) is 33.6 Å². The lowest BCUT2D eigenvalue weighted by molar-refractivity contribution is -0.385. The molecule has 1 unspecified atom stereocenters. The lowest BCUT2D eigenvalue weighted by Gasteiger charge is -2.37. The number of methoxy groups -OCH3 is 1. The van der Waals surface area contributed by atoms with Crippen molar-refractivity contribution in [2.45, 2.75) is 18.8 Å². The minimum absolute atomic E-state index is 0.0490. The first-order valence-corrected chi connectivity index (χ1v) is 9.52. The third-order valence-electron chi connectivity index (χ3n) is 5.81. The second kappa shape index (κ2) is 6.48. The van der Waals surface area contributed by atoms with Gasteiger partial charge in [-0.3, -0.25) is 14.9 Å². The Balaban J connectivity index is 1.81. The van der Waals surface area contributed by atoms with Crippen molar-refractivity contribution in [1.82, 2.24) is 9.88 Å². The summed E-state index contributed by atoms with van der Waals surface area (Å²) in [6.07, 6.45) is 3.22. The van der Waals surface area contributed by atoms with E-state index in [0.29, 0.717) is 24.9 Å². The second-order valence-corrected chi connectivity index (χ2v) is 7.33. The Labute approximate surface area is 166 Å². The topological polar surface area (TPSA) is 88.5 Å². The summed E-state index contributed by atoms with van der Waals surface area (Å²) < 4.78 is 5.41. The van der Waals surface area contributed by atoms with E-state index < -0.39 is 0 Å². The number of fused-ring (bicyclic) bond motifs is 5. The molecule has 5 rings (SSSR count). The predicted octanol–water partition coefficient (Wildman–Crippen LogP) is 4.19. The Morgan fingerprint density at radius 2 is 2.07 bits per heavy atom. The third-order valence-corrected chi connectivity index (χ3v) is 5.81. The van der Waals surface area contributed by atoms with E-state index in [1.54, 1.807) is 30.2 Å². The number of nitrogens with one attached hydrogen (secondary N) is 1. The largest absolute Gasteiger partial charge is 0.497 e. The molecule has 2 aliphatic heterocycles. The highest BCUT2D eigenvalue weighted by Gasteiger charge is 2.39. The zero-order valence-electron chi connectivity index (χ0n) is 15.8. The summed E-state index contributed by atoms with van der Waals surface area (Å²) in [5.41, 5.74) is 4.29. The molecule has 2 aliphatic rings. The number of nitrogens with zero attached hydrogens (tertiary/aromatic N) is 2. The number of benzene rings is 2. The number of ether oxygens (including phenoxy) is 1. The van der Waals surface area contributed by atoms with E-state index in [4.69, 9.17) is 4.74 Å². The minimum Gasteiger partial charge on any atom is -0.497 e. The van der Waals surface area contributed by atoms with Crippen molar-refractivity contribution in [3.8, 4) is 5.75 Å². The van der Waals surface area contributed by atoms with Crippen molar-refractivity contribution in [1.29, 1.82) is 0 Å². The molecule has 0 saturated heterocycles. The Kier molecular flexibility index (Phi) is 3.91. The monoisotopic (exact) mass is 389 g/mol. The molecule has 1 atom stereocenters. The number of amides is 1. The van der Waals surface area contributed by atoms with Gasteiger partial charge in [0.15, 0.2) is 0 Å². The van der Waals surface area contributed by atoms with E-state index in [9.17, 15) is 14.9 Å². The van der Waals surface area contributed by atoms with Crippen LogP contribution >= 0.6 is 0 Å². The van der Waals surface area contributed by atoms with Crippen LogP contribution in [0.2, 0.25) is 0 Å². The standard InChI is InChI=1S/C22H19N3O4/c1-29-13-9-10-17-15(11-13)21-16(14-5-2-3-6-18(14)25(27)28)12-24-19(22(21)23-17)7-4-8-20(24)26/h2-3,5-7,9-11,16,23H,4,8,12H2,1H3. The average Bonchev–Trinajstić information content (AvgIpc) is 3.12. The molecule has 0 aliphatic carbocycles. The average molecular weight is 389 g/mol. The van der Waals surface area contributed by atoms with Crippen LogP contribution in [0.5, 0.6) is 5.75 Å². The van der Waals surface area contributed by atoms with Crippen LogP contribution in [0.15, 0.2) is 48.5 Å². The number of hydrogen-bond donors (Lipinski definition) is 1. The normalized spacial score (nSPS) is 18.2. The molecule has 3 aromatic rings. The van der Waals surface area contributed by atoms with Crippen LogP contribution in [0, 0.1) is 10.1 Å². The Morgan fingerprint density at radius 3 is 2.86 bits per heavy atom. The van der Waals surface area contributed by atoms with Crippen LogP contribution in [-0.4, -0.2) is 34.4 Å². The number of para-hydroxylation sites is 1. The van der Waals surface area contributed by atoms with E-state index in [1.807, 2.05) is 18.2 Å². The van der Waals surface area contributed by atoms with Gasteiger partial charge in [0.1, 0.15) is 5.75 Å². The molecule has 1 aromatic heterocycles. The SMILES string of the molecule is COc1ccc2[nH]c3c(c2c1)C(c1ccccc1[N+](=O)[O-])CN1C(=O)CCC=C31. The maximum absolute atomic E-state index is 12.7. The van der Waals surface area contributed by atoms with E-state index in [2.05, 4.69) is 11.1 Å². The quantitative estimate of drug-likeness (QED) is 0.537.